The highest BCUT2D eigenvalue weighted by atomic mass is 16.6. The molecule has 0 radical (unpaired) electrons. The first kappa shape index (κ1) is 20.0. The van der Waals surface area contributed by atoms with Gasteiger partial charge in [0.15, 0.2) is 0 Å². The van der Waals surface area contributed by atoms with Crippen molar-refractivity contribution < 1.29 is 23.8 Å². The van der Waals surface area contributed by atoms with E-state index < -0.39 is 17.5 Å². The van der Waals surface area contributed by atoms with Gasteiger partial charge in [-0.3, -0.25) is 9.69 Å². The lowest BCUT2D eigenvalue weighted by molar-refractivity contribution is -0.178. The monoisotopic (exact) mass is 383 g/mol. The van der Waals surface area contributed by atoms with Gasteiger partial charge < -0.3 is 14.2 Å². The molecule has 0 atom stereocenters. The van der Waals surface area contributed by atoms with Gasteiger partial charge in [-0.25, -0.2) is 4.79 Å². The maximum Gasteiger partial charge on any atom is 0.360 e. The molecule has 1 heterocycles. The highest BCUT2D eigenvalue weighted by Crippen LogP contribution is 2.35. The molecule has 0 aromatic heterocycles. The fraction of sp³-hybridized carbons (Fsp3) is 0.364. The molecule has 0 aliphatic carbocycles. The summed E-state index contributed by atoms with van der Waals surface area (Å²) in [7, 11) is 0. The lowest BCUT2D eigenvalue weighted by Gasteiger charge is -2.32. The molecular weight excluding hydrogens is 358 g/mol. The predicted octanol–water partition coefficient (Wildman–Crippen LogP) is 2.37. The molecule has 0 saturated carbocycles. The van der Waals surface area contributed by atoms with Crippen LogP contribution in [0, 0.1) is 0 Å². The van der Waals surface area contributed by atoms with Crippen LogP contribution in [0.25, 0.3) is 0 Å². The number of rotatable bonds is 7. The Morgan fingerprint density at radius 1 is 0.964 bits per heavy atom. The molecule has 0 amide bonds. The molecule has 1 fully saturated rings. The first-order valence-corrected chi connectivity index (χ1v) is 9.41. The van der Waals surface area contributed by atoms with Gasteiger partial charge in [0.1, 0.15) is 6.61 Å². The normalized spacial score (nSPS) is 15.0. The summed E-state index contributed by atoms with van der Waals surface area (Å²) in [4.78, 5) is 27.5. The van der Waals surface area contributed by atoms with Crippen LogP contribution in [0.4, 0.5) is 0 Å². The van der Waals surface area contributed by atoms with Crippen LogP contribution in [0.2, 0.25) is 0 Å². The van der Waals surface area contributed by atoms with Crippen LogP contribution < -0.4 is 0 Å². The predicted molar refractivity (Wildman–Crippen MR) is 104 cm³/mol. The molecular formula is C22H25NO5. The van der Waals surface area contributed by atoms with Gasteiger partial charge in [-0.2, -0.15) is 0 Å². The number of morpholine rings is 1. The number of carbonyl (C=O) groups excluding carboxylic acids is 2. The van der Waals surface area contributed by atoms with Crippen LogP contribution in [0.1, 0.15) is 18.1 Å². The van der Waals surface area contributed by atoms with Gasteiger partial charge in [0, 0.05) is 37.7 Å². The minimum Gasteiger partial charge on any atom is -0.461 e. The highest BCUT2D eigenvalue weighted by molar-refractivity contribution is 5.88. The second kappa shape index (κ2) is 9.48. The van der Waals surface area contributed by atoms with Crippen molar-refractivity contribution >= 4 is 11.9 Å². The van der Waals surface area contributed by atoms with E-state index in [4.69, 9.17) is 14.2 Å². The minimum absolute atomic E-state index is 0.210. The Morgan fingerprint density at radius 3 is 2.00 bits per heavy atom. The van der Waals surface area contributed by atoms with E-state index >= 15 is 0 Å². The zero-order valence-electron chi connectivity index (χ0n) is 16.0. The van der Waals surface area contributed by atoms with Crippen LogP contribution in [0.3, 0.4) is 0 Å². The molecule has 0 bridgehead atoms. The number of benzene rings is 2. The lowest BCUT2D eigenvalue weighted by atomic mass is 9.86. The van der Waals surface area contributed by atoms with E-state index in [1.807, 2.05) is 12.1 Å². The van der Waals surface area contributed by atoms with Gasteiger partial charge in [0.25, 0.3) is 5.60 Å². The van der Waals surface area contributed by atoms with Crippen molar-refractivity contribution in [2.24, 2.45) is 0 Å². The number of carbonyl (C=O) groups is 2. The molecule has 0 N–H and O–H groups in total. The van der Waals surface area contributed by atoms with Crippen molar-refractivity contribution in [2.45, 2.75) is 12.5 Å². The lowest BCUT2D eigenvalue weighted by Crippen LogP contribution is -2.44. The van der Waals surface area contributed by atoms with Gasteiger partial charge in [0.2, 0.25) is 0 Å². The zero-order chi connectivity index (χ0) is 19.8. The van der Waals surface area contributed by atoms with Crippen molar-refractivity contribution in [2.75, 3.05) is 39.5 Å². The van der Waals surface area contributed by atoms with Crippen molar-refractivity contribution in [3.05, 3.63) is 71.8 Å². The molecule has 1 aliphatic heterocycles. The van der Waals surface area contributed by atoms with E-state index in [0.29, 0.717) is 30.9 Å². The summed E-state index contributed by atoms with van der Waals surface area (Å²) in [5.74, 6) is -1.16. The van der Waals surface area contributed by atoms with E-state index in [-0.39, 0.29) is 6.61 Å². The van der Waals surface area contributed by atoms with Crippen LogP contribution in [0.5, 0.6) is 0 Å². The van der Waals surface area contributed by atoms with Gasteiger partial charge in [-0.1, -0.05) is 60.7 Å². The van der Waals surface area contributed by atoms with E-state index in [0.717, 1.165) is 13.1 Å². The Kier molecular flexibility index (Phi) is 6.79. The fourth-order valence-electron chi connectivity index (χ4n) is 3.32. The Hall–Kier alpha value is -2.70. The third-order valence-corrected chi connectivity index (χ3v) is 4.69. The van der Waals surface area contributed by atoms with E-state index in [1.54, 1.807) is 48.5 Å². The van der Waals surface area contributed by atoms with Crippen molar-refractivity contribution in [1.29, 1.82) is 0 Å². The minimum atomic E-state index is -1.64. The Morgan fingerprint density at radius 2 is 1.50 bits per heavy atom. The second-order valence-corrected chi connectivity index (χ2v) is 6.60. The molecule has 6 heteroatoms. The molecule has 0 spiro atoms. The number of esters is 2. The first-order chi connectivity index (χ1) is 13.6. The molecule has 28 heavy (non-hydrogen) atoms. The quantitative estimate of drug-likeness (QED) is 0.684. The van der Waals surface area contributed by atoms with Gasteiger partial charge >= 0.3 is 11.9 Å². The van der Waals surface area contributed by atoms with Gasteiger partial charge in [-0.15, -0.1) is 0 Å². The number of hydrogen-bond acceptors (Lipinski definition) is 6. The standard InChI is InChI=1S/C22H25NO5/c1-18(24)28-22(19-8-4-2-5-9-19,20-10-6-3-7-11-20)21(25)27-17-14-23-12-15-26-16-13-23/h2-11H,12-17H2,1H3. The van der Waals surface area contributed by atoms with Crippen LogP contribution in [-0.2, 0) is 29.4 Å². The second-order valence-electron chi connectivity index (χ2n) is 6.60. The average molecular weight is 383 g/mol. The fourth-order valence-corrected chi connectivity index (χ4v) is 3.32. The summed E-state index contributed by atoms with van der Waals surface area (Å²) in [5.41, 5.74) is -0.542. The van der Waals surface area contributed by atoms with Crippen LogP contribution in [0.15, 0.2) is 60.7 Å². The highest BCUT2D eigenvalue weighted by Gasteiger charge is 2.47. The summed E-state index contributed by atoms with van der Waals surface area (Å²) in [6.45, 7) is 5.09. The number of ether oxygens (including phenoxy) is 3. The maximum atomic E-state index is 13.3. The summed E-state index contributed by atoms with van der Waals surface area (Å²) >= 11 is 0. The topological polar surface area (TPSA) is 65.1 Å². The molecule has 6 nitrogen and oxygen atoms in total. The molecule has 3 rings (SSSR count). The molecule has 148 valence electrons. The smallest absolute Gasteiger partial charge is 0.360 e. The Labute approximate surface area is 165 Å². The number of nitrogens with zero attached hydrogens (tertiary/aromatic N) is 1. The van der Waals surface area contributed by atoms with Gasteiger partial charge in [-0.05, 0) is 0 Å². The summed E-state index contributed by atoms with van der Waals surface area (Å²) < 4.78 is 16.6. The van der Waals surface area contributed by atoms with E-state index in [1.165, 1.54) is 6.92 Å². The Balaban J connectivity index is 1.88. The average Bonchev–Trinajstić information content (AvgIpc) is 2.74. The van der Waals surface area contributed by atoms with Crippen LogP contribution in [-0.4, -0.2) is 56.3 Å². The summed E-state index contributed by atoms with van der Waals surface area (Å²) in [5, 5.41) is 0. The summed E-state index contributed by atoms with van der Waals surface area (Å²) in [6.07, 6.45) is 0. The van der Waals surface area contributed by atoms with Crippen LogP contribution >= 0.6 is 0 Å². The third kappa shape index (κ3) is 4.58. The van der Waals surface area contributed by atoms with E-state index in [2.05, 4.69) is 4.90 Å². The number of hydrogen-bond donors (Lipinski definition) is 0. The molecule has 1 saturated heterocycles. The first-order valence-electron chi connectivity index (χ1n) is 9.41. The third-order valence-electron chi connectivity index (χ3n) is 4.69. The molecule has 2 aromatic carbocycles. The van der Waals surface area contributed by atoms with Crippen molar-refractivity contribution in [3.8, 4) is 0 Å². The molecule has 0 unspecified atom stereocenters. The SMILES string of the molecule is CC(=O)OC(C(=O)OCCN1CCOCC1)(c1ccccc1)c1ccccc1. The Bertz CT molecular complexity index is 733. The van der Waals surface area contributed by atoms with Crippen molar-refractivity contribution in [1.82, 2.24) is 4.90 Å². The van der Waals surface area contributed by atoms with Gasteiger partial charge in [0.05, 0.1) is 13.2 Å². The van der Waals surface area contributed by atoms with Crippen molar-refractivity contribution in [3.63, 3.8) is 0 Å². The zero-order valence-corrected chi connectivity index (χ0v) is 16.0. The maximum absolute atomic E-state index is 13.3. The molecule has 2 aromatic rings. The van der Waals surface area contributed by atoms with E-state index in [9.17, 15) is 9.59 Å². The summed E-state index contributed by atoms with van der Waals surface area (Å²) in [6, 6.07) is 18.0. The largest absolute Gasteiger partial charge is 0.461 e. The molecule has 1 aliphatic rings.